The highest BCUT2D eigenvalue weighted by molar-refractivity contribution is 6.08. The van der Waals surface area contributed by atoms with E-state index in [-0.39, 0.29) is 41.2 Å². The second-order valence-corrected chi connectivity index (χ2v) is 9.15. The Hall–Kier alpha value is -4.32. The molecule has 0 spiro atoms. The highest BCUT2D eigenvalue weighted by atomic mass is 19.4. The number of hydrogen-bond donors (Lipinski definition) is 4. The van der Waals surface area contributed by atoms with Gasteiger partial charge in [-0.3, -0.25) is 4.79 Å². The molecule has 1 unspecified atom stereocenters. The van der Waals surface area contributed by atoms with Gasteiger partial charge in [0.15, 0.2) is 0 Å². The predicted molar refractivity (Wildman–Crippen MR) is 137 cm³/mol. The number of alkyl halides is 3. The Bertz CT molecular complexity index is 1530. The van der Waals surface area contributed by atoms with Crippen LogP contribution >= 0.6 is 0 Å². The Morgan fingerprint density at radius 2 is 1.95 bits per heavy atom. The number of nitrogens with zero attached hydrogens (tertiary/aromatic N) is 2. The number of hydrogen-bond acceptors (Lipinski definition) is 6. The molecule has 1 aliphatic rings. The number of benzene rings is 2. The van der Waals surface area contributed by atoms with Gasteiger partial charge < -0.3 is 30.2 Å². The molecule has 1 saturated heterocycles. The minimum atomic E-state index is -4.62. The number of amides is 1. The fourth-order valence-electron chi connectivity index (χ4n) is 4.43. The molecule has 38 heavy (non-hydrogen) atoms. The first-order chi connectivity index (χ1) is 18.2. The summed E-state index contributed by atoms with van der Waals surface area (Å²) < 4.78 is 46.5. The number of aromatic nitrogens is 3. The van der Waals surface area contributed by atoms with Gasteiger partial charge in [-0.1, -0.05) is 0 Å². The van der Waals surface area contributed by atoms with Gasteiger partial charge in [0, 0.05) is 29.7 Å². The molecule has 2 aromatic heterocycles. The molecule has 0 aliphatic carbocycles. The first kappa shape index (κ1) is 25.3. The number of likely N-dealkylation sites (N-methyl/N-ethyl adjacent to an activating group) is 1. The van der Waals surface area contributed by atoms with Crippen LogP contribution in [0.1, 0.15) is 28.8 Å². The van der Waals surface area contributed by atoms with Crippen molar-refractivity contribution >= 4 is 34.1 Å². The van der Waals surface area contributed by atoms with Crippen LogP contribution in [-0.2, 0) is 6.18 Å². The Balaban J connectivity index is 1.37. The molecule has 9 nitrogen and oxygen atoms in total. The lowest BCUT2D eigenvalue weighted by molar-refractivity contribution is -0.137. The zero-order valence-corrected chi connectivity index (χ0v) is 20.4. The molecule has 198 valence electrons. The summed E-state index contributed by atoms with van der Waals surface area (Å²) in [6.45, 7) is 1.16. The van der Waals surface area contributed by atoms with Crippen LogP contribution in [0.4, 0.5) is 30.4 Å². The fourth-order valence-corrected chi connectivity index (χ4v) is 4.43. The Labute approximate surface area is 215 Å². The van der Waals surface area contributed by atoms with Crippen LogP contribution in [0.3, 0.4) is 0 Å². The monoisotopic (exact) mass is 526 g/mol. The van der Waals surface area contributed by atoms with E-state index in [2.05, 4.69) is 30.5 Å². The molecule has 0 radical (unpaired) electrons. The van der Waals surface area contributed by atoms with Crippen molar-refractivity contribution in [3.8, 4) is 5.75 Å². The molecule has 4 aromatic rings. The number of likely N-dealkylation sites (tertiary alicyclic amines) is 1. The number of imidazole rings is 1. The maximum atomic E-state index is 13.6. The van der Waals surface area contributed by atoms with Crippen LogP contribution in [0, 0.1) is 0 Å². The summed E-state index contributed by atoms with van der Waals surface area (Å²) in [5.74, 6) is -0.443. The Morgan fingerprint density at radius 3 is 2.71 bits per heavy atom. The number of ether oxygens (including phenoxy) is 1. The Kier molecular flexibility index (Phi) is 6.81. The van der Waals surface area contributed by atoms with E-state index in [1.807, 2.05) is 7.05 Å². The number of carbonyl (C=O) groups is 1. The standard InChI is InChI=1S/C26H25F3N6O3/c1-35-9-3-4-18(35)14-38-19-11-15(26(27,28)29)10-17(12-19)32-24(36)20-5-2-8-30-23(20)31-16-6-7-21-22(13-16)34-25(37)33-21/h2,5-8,10-13,18H,3-4,9,14H2,1H3,(H,30,31)(H,32,36)(H2,33,34,37). The minimum absolute atomic E-state index is 0.0220. The average molecular weight is 527 g/mol. The number of rotatable bonds is 7. The topological polar surface area (TPSA) is 115 Å². The highest BCUT2D eigenvalue weighted by Gasteiger charge is 2.32. The van der Waals surface area contributed by atoms with Crippen molar-refractivity contribution in [2.24, 2.45) is 0 Å². The van der Waals surface area contributed by atoms with Crippen molar-refractivity contribution < 1.29 is 22.7 Å². The lowest BCUT2D eigenvalue weighted by atomic mass is 10.1. The summed E-state index contributed by atoms with van der Waals surface area (Å²) in [6, 6.07) is 11.4. The zero-order valence-electron chi connectivity index (χ0n) is 20.4. The maximum Gasteiger partial charge on any atom is 0.416 e. The lowest BCUT2D eigenvalue weighted by Gasteiger charge is -2.20. The third-order valence-corrected chi connectivity index (χ3v) is 6.44. The third kappa shape index (κ3) is 5.65. The van der Waals surface area contributed by atoms with E-state index in [0.717, 1.165) is 31.5 Å². The average Bonchev–Trinajstić information content (AvgIpc) is 3.45. The van der Waals surface area contributed by atoms with E-state index >= 15 is 0 Å². The van der Waals surface area contributed by atoms with Gasteiger partial charge in [-0.15, -0.1) is 0 Å². The number of carbonyl (C=O) groups excluding carboxylic acids is 1. The van der Waals surface area contributed by atoms with Gasteiger partial charge in [0.1, 0.15) is 18.2 Å². The van der Waals surface area contributed by atoms with Crippen molar-refractivity contribution in [3.05, 3.63) is 76.3 Å². The van der Waals surface area contributed by atoms with Crippen molar-refractivity contribution in [2.45, 2.75) is 25.1 Å². The van der Waals surface area contributed by atoms with E-state index in [1.54, 1.807) is 24.3 Å². The number of aromatic amines is 2. The van der Waals surface area contributed by atoms with Crippen LogP contribution in [-0.4, -0.2) is 52.0 Å². The first-order valence-electron chi connectivity index (χ1n) is 12.0. The molecular weight excluding hydrogens is 501 g/mol. The largest absolute Gasteiger partial charge is 0.492 e. The van der Waals surface area contributed by atoms with E-state index in [4.69, 9.17) is 4.74 Å². The van der Waals surface area contributed by atoms with Crippen molar-refractivity contribution in [3.63, 3.8) is 0 Å². The molecule has 1 fully saturated rings. The summed E-state index contributed by atoms with van der Waals surface area (Å²) >= 11 is 0. The van der Waals surface area contributed by atoms with Gasteiger partial charge in [-0.2, -0.15) is 13.2 Å². The minimum Gasteiger partial charge on any atom is -0.492 e. The molecule has 12 heteroatoms. The quantitative estimate of drug-likeness (QED) is 0.277. The molecule has 5 rings (SSSR count). The zero-order chi connectivity index (χ0) is 26.9. The smallest absolute Gasteiger partial charge is 0.416 e. The third-order valence-electron chi connectivity index (χ3n) is 6.44. The first-order valence-corrected chi connectivity index (χ1v) is 12.0. The fraction of sp³-hybridized carbons (Fsp3) is 0.269. The summed E-state index contributed by atoms with van der Waals surface area (Å²) in [4.78, 5) is 36.3. The molecule has 1 atom stereocenters. The number of H-pyrrole nitrogens is 2. The SMILES string of the molecule is CN1CCCC1COc1cc(NC(=O)c2cccnc2Nc2ccc3[nH]c(=O)[nH]c3c2)cc(C(F)(F)F)c1. The summed E-state index contributed by atoms with van der Waals surface area (Å²) in [5, 5.41) is 5.57. The van der Waals surface area contributed by atoms with E-state index in [0.29, 0.717) is 16.7 Å². The van der Waals surface area contributed by atoms with Crippen molar-refractivity contribution in [2.75, 3.05) is 30.8 Å². The summed E-state index contributed by atoms with van der Waals surface area (Å²) in [7, 11) is 1.95. The molecule has 2 aromatic carbocycles. The van der Waals surface area contributed by atoms with Crippen molar-refractivity contribution in [1.29, 1.82) is 0 Å². The summed E-state index contributed by atoms with van der Waals surface area (Å²) in [5.41, 5.74) is 0.498. The highest BCUT2D eigenvalue weighted by Crippen LogP contribution is 2.35. The van der Waals surface area contributed by atoms with E-state index in [1.165, 1.54) is 18.3 Å². The second-order valence-electron chi connectivity index (χ2n) is 9.15. The lowest BCUT2D eigenvalue weighted by Crippen LogP contribution is -2.30. The number of nitrogens with one attached hydrogen (secondary N) is 4. The predicted octanol–water partition coefficient (Wildman–Crippen LogP) is 4.74. The van der Waals surface area contributed by atoms with E-state index < -0.39 is 17.6 Å². The van der Waals surface area contributed by atoms with Gasteiger partial charge in [0.2, 0.25) is 0 Å². The molecule has 1 amide bonds. The molecule has 3 heterocycles. The molecular formula is C26H25F3N6O3. The Morgan fingerprint density at radius 1 is 1.13 bits per heavy atom. The van der Waals surface area contributed by atoms with Crippen LogP contribution in [0.25, 0.3) is 11.0 Å². The molecule has 0 bridgehead atoms. The van der Waals surface area contributed by atoms with Crippen LogP contribution in [0.5, 0.6) is 5.75 Å². The number of pyridine rings is 1. The van der Waals surface area contributed by atoms with Gasteiger partial charge >= 0.3 is 11.9 Å². The number of anilines is 3. The van der Waals surface area contributed by atoms with Crippen LogP contribution in [0.2, 0.25) is 0 Å². The second kappa shape index (κ2) is 10.2. The van der Waals surface area contributed by atoms with Gasteiger partial charge in [-0.25, -0.2) is 9.78 Å². The van der Waals surface area contributed by atoms with E-state index in [9.17, 15) is 22.8 Å². The number of fused-ring (bicyclic) bond motifs is 1. The summed E-state index contributed by atoms with van der Waals surface area (Å²) in [6.07, 6.45) is -1.23. The molecule has 4 N–H and O–H groups in total. The molecule has 1 aliphatic heterocycles. The van der Waals surface area contributed by atoms with Crippen molar-refractivity contribution in [1.82, 2.24) is 19.9 Å². The normalized spacial score (nSPS) is 16.1. The molecule has 0 saturated carbocycles. The van der Waals surface area contributed by atoms with Gasteiger partial charge in [0.25, 0.3) is 5.91 Å². The van der Waals surface area contributed by atoms with Crippen LogP contribution in [0.15, 0.2) is 59.5 Å². The maximum absolute atomic E-state index is 13.6. The van der Waals surface area contributed by atoms with Gasteiger partial charge in [-0.05, 0) is 68.9 Å². The van der Waals surface area contributed by atoms with Crippen LogP contribution < -0.4 is 21.1 Å². The number of halogens is 3. The van der Waals surface area contributed by atoms with Gasteiger partial charge in [0.05, 0.1) is 22.2 Å².